The van der Waals surface area contributed by atoms with E-state index < -0.39 is 0 Å². The van der Waals surface area contributed by atoms with Gasteiger partial charge < -0.3 is 0 Å². The fourth-order valence-corrected chi connectivity index (χ4v) is 1.19. The molecule has 0 bridgehead atoms. The van der Waals surface area contributed by atoms with Crippen LogP contribution in [0.2, 0.25) is 0 Å². The van der Waals surface area contributed by atoms with Crippen molar-refractivity contribution in [3.63, 3.8) is 0 Å². The third kappa shape index (κ3) is 12.8. The van der Waals surface area contributed by atoms with Crippen LogP contribution in [0.15, 0.2) is 23.8 Å². The van der Waals surface area contributed by atoms with E-state index in [1.807, 2.05) is 13.8 Å². The average molecular weight is 304 g/mol. The summed E-state index contributed by atoms with van der Waals surface area (Å²) in [5.41, 5.74) is 0.747. The first-order valence-electron chi connectivity index (χ1n) is 4.67. The molecule has 0 spiro atoms. The normalized spacial score (nSPS) is 11.7. The van der Waals surface area contributed by atoms with E-state index in [4.69, 9.17) is 14.0 Å². The zero-order chi connectivity index (χ0) is 15.1. The minimum absolute atomic E-state index is 0. The Hall–Kier alpha value is -1.44. The number of rotatable bonds is 1. The maximum Gasteiger partial charge on any atom is 0 e. The largest absolute Gasteiger partial charge is 0 e. The molecule has 0 aromatic rings. The predicted molar refractivity (Wildman–Crippen MR) is 58.5 cm³/mol. The van der Waals surface area contributed by atoms with E-state index in [9.17, 15) is 9.59 Å². The first-order valence-corrected chi connectivity index (χ1v) is 4.67. The summed E-state index contributed by atoms with van der Waals surface area (Å²) in [5, 5.41) is 0. The van der Waals surface area contributed by atoms with Gasteiger partial charge in [0, 0.05) is 17.1 Å². The van der Waals surface area contributed by atoms with Gasteiger partial charge in [-0.1, -0.05) is 26.0 Å². The zero-order valence-corrected chi connectivity index (χ0v) is 11.5. The molecule has 0 atom stereocenters. The second-order valence-corrected chi connectivity index (χ2v) is 3.20. The molecule has 0 aliphatic heterocycles. The van der Waals surface area contributed by atoms with Crippen LogP contribution in [0, 0.1) is 25.9 Å². The fourth-order valence-electron chi connectivity index (χ4n) is 1.19. The Morgan fingerprint density at radius 3 is 1.84 bits per heavy atom. The van der Waals surface area contributed by atoms with Crippen LogP contribution in [0.1, 0.15) is 20.3 Å². The first kappa shape index (κ1) is 26.2. The summed E-state index contributed by atoms with van der Waals surface area (Å²) >= 11 is 0. The van der Waals surface area contributed by atoms with E-state index in [0.717, 1.165) is 5.57 Å². The van der Waals surface area contributed by atoms with Crippen LogP contribution in [-0.2, 0) is 40.6 Å². The molecule has 19 heavy (non-hydrogen) atoms. The Labute approximate surface area is 122 Å². The molecule has 5 nitrogen and oxygen atoms in total. The van der Waals surface area contributed by atoms with Gasteiger partial charge in [-0.2, -0.15) is 0 Å². The van der Waals surface area contributed by atoms with Gasteiger partial charge in [-0.15, -0.1) is 0 Å². The standard InChI is InChI=1S/C10H12O2.3CO.Fe/c1-7(2)9-5-3-4-8(11)6-10(9)12;3*1-2;/h3-5,7H,6H2,1-2H3;;;;. The fraction of sp³-hybridized carbons (Fsp3) is 0.308. The second-order valence-electron chi connectivity index (χ2n) is 3.20. The topological polar surface area (TPSA) is 93.8 Å². The number of hydrogen-bond acceptors (Lipinski definition) is 2. The third-order valence-corrected chi connectivity index (χ3v) is 1.84. The minimum atomic E-state index is -0.105. The quantitative estimate of drug-likeness (QED) is 0.318. The summed E-state index contributed by atoms with van der Waals surface area (Å²) in [6.45, 7) is 17.4. The van der Waals surface area contributed by atoms with Crippen LogP contribution in [0.3, 0.4) is 0 Å². The molecule has 0 saturated heterocycles. The maximum atomic E-state index is 11.3. The van der Waals surface area contributed by atoms with E-state index in [-0.39, 0.29) is 41.0 Å². The van der Waals surface area contributed by atoms with Crippen molar-refractivity contribution in [1.82, 2.24) is 0 Å². The summed E-state index contributed by atoms with van der Waals surface area (Å²) < 4.78 is 22.5. The van der Waals surface area contributed by atoms with Gasteiger partial charge in [0.05, 0.1) is 6.42 Å². The van der Waals surface area contributed by atoms with Gasteiger partial charge in [0.15, 0.2) is 11.6 Å². The van der Waals surface area contributed by atoms with E-state index in [1.54, 1.807) is 12.2 Å². The number of carbonyl (C=O) groups is 2. The van der Waals surface area contributed by atoms with Gasteiger partial charge >= 0.3 is 33.9 Å². The van der Waals surface area contributed by atoms with Gasteiger partial charge in [0.1, 0.15) is 0 Å². The molecule has 0 heterocycles. The van der Waals surface area contributed by atoms with Gasteiger partial charge in [0.2, 0.25) is 0 Å². The summed E-state index contributed by atoms with van der Waals surface area (Å²) in [7, 11) is 0. The summed E-state index contributed by atoms with van der Waals surface area (Å²) in [6, 6.07) is 0. The molecule has 0 aromatic heterocycles. The van der Waals surface area contributed by atoms with E-state index in [2.05, 4.69) is 20.0 Å². The molecule has 1 rings (SSSR count). The predicted octanol–water partition coefficient (Wildman–Crippen LogP) is 1.55. The van der Waals surface area contributed by atoms with Crippen molar-refractivity contribution in [3.8, 4) is 0 Å². The Balaban J connectivity index is -0.000000142. The van der Waals surface area contributed by atoms with Gasteiger partial charge in [0.25, 0.3) is 0 Å². The van der Waals surface area contributed by atoms with Crippen molar-refractivity contribution in [2.45, 2.75) is 20.3 Å². The van der Waals surface area contributed by atoms with Crippen molar-refractivity contribution in [1.29, 1.82) is 0 Å². The third-order valence-electron chi connectivity index (χ3n) is 1.84. The molecular weight excluding hydrogens is 292 g/mol. The van der Waals surface area contributed by atoms with Crippen LogP contribution < -0.4 is 0 Å². The Morgan fingerprint density at radius 2 is 1.47 bits per heavy atom. The monoisotopic (exact) mass is 304 g/mol. The number of hydrogen-bond donors (Lipinski definition) is 0. The van der Waals surface area contributed by atoms with Gasteiger partial charge in [-0.25, -0.2) is 0 Å². The van der Waals surface area contributed by atoms with Crippen LogP contribution in [0.25, 0.3) is 0 Å². The Morgan fingerprint density at radius 1 is 1.05 bits per heavy atom. The molecule has 6 heteroatoms. The number of Topliss-reactive ketones (excluding diaryl/α,β-unsaturated/α-hetero) is 1. The molecule has 0 fully saturated rings. The second kappa shape index (κ2) is 18.9. The van der Waals surface area contributed by atoms with Crippen molar-refractivity contribution in [2.75, 3.05) is 0 Å². The summed E-state index contributed by atoms with van der Waals surface area (Å²) in [6.07, 6.45) is 4.87. The van der Waals surface area contributed by atoms with Crippen LogP contribution in [-0.4, -0.2) is 11.6 Å². The first-order chi connectivity index (χ1) is 8.61. The smallest absolute Gasteiger partial charge is 0 e. The van der Waals surface area contributed by atoms with Crippen molar-refractivity contribution >= 4 is 11.6 Å². The van der Waals surface area contributed by atoms with Crippen LogP contribution >= 0.6 is 0 Å². The molecule has 1 aliphatic carbocycles. The summed E-state index contributed by atoms with van der Waals surface area (Å²) in [4.78, 5) is 22.3. The summed E-state index contributed by atoms with van der Waals surface area (Å²) in [5.74, 6) is 0.0555. The molecular formula is C13H12FeO5. The van der Waals surface area contributed by atoms with Crippen molar-refractivity contribution in [2.24, 2.45) is 5.92 Å². The van der Waals surface area contributed by atoms with Crippen LogP contribution in [0.4, 0.5) is 0 Å². The molecule has 0 saturated carbocycles. The van der Waals surface area contributed by atoms with Crippen LogP contribution in [0.5, 0.6) is 0 Å². The average Bonchev–Trinajstić information content (AvgIpc) is 2.57. The molecule has 0 radical (unpaired) electrons. The van der Waals surface area contributed by atoms with E-state index in [1.165, 1.54) is 6.08 Å². The molecule has 0 aromatic carbocycles. The number of ketones is 2. The minimum Gasteiger partial charge on any atom is 0 e. The molecule has 0 amide bonds. The van der Waals surface area contributed by atoms with Gasteiger partial charge in [-0.05, 0) is 17.6 Å². The molecule has 0 unspecified atom stereocenters. The van der Waals surface area contributed by atoms with Crippen molar-refractivity contribution < 1.29 is 40.6 Å². The van der Waals surface area contributed by atoms with Crippen molar-refractivity contribution in [3.05, 3.63) is 43.8 Å². The molecule has 102 valence electrons. The van der Waals surface area contributed by atoms with E-state index >= 15 is 0 Å². The maximum absolute atomic E-state index is 11.3. The molecule has 0 N–H and O–H groups in total. The number of allylic oxidation sites excluding steroid dienone is 4. The van der Waals surface area contributed by atoms with Gasteiger partial charge in [-0.3, -0.25) is 9.59 Å². The SMILES string of the molecule is CC(C)C1=CC=CC(=O)CC1=O.[C-]#[O+].[C-]#[O+].[C-]#[O+].[Fe]. The molecule has 1 aliphatic rings. The Bertz CT molecular complexity index is 371. The Kier molecular flexibility index (Phi) is 26.1. The van der Waals surface area contributed by atoms with E-state index in [0.29, 0.717) is 0 Å². The number of carbonyl (C=O) groups excluding carboxylic acids is 2. The zero-order valence-electron chi connectivity index (χ0n) is 10.4.